The molecule has 6 nitrogen and oxygen atoms in total. The van der Waals surface area contributed by atoms with Gasteiger partial charge < -0.3 is 15.2 Å². The minimum atomic E-state index is -1.09. The van der Waals surface area contributed by atoms with Crippen LogP contribution in [0.1, 0.15) is 15.9 Å². The standard InChI is InChI=1S/C16H15NO4.C7H4O/c1-11-6-8-12(9-7-11)21-10-15(18)17-14-5-3-2-4-13(14)16(19)20;8-7-5-3-1-2-4-6(5)7/h2-9H,10H2,1H3,(H,17,18)(H,19,20);1-4H. The summed E-state index contributed by atoms with van der Waals surface area (Å²) in [5.41, 5.74) is 1.61. The molecular formula is C23H19NO5. The second-order valence-electron chi connectivity index (χ2n) is 6.38. The molecule has 0 radical (unpaired) electrons. The lowest BCUT2D eigenvalue weighted by Crippen LogP contribution is -2.21. The van der Waals surface area contributed by atoms with Crippen molar-refractivity contribution < 1.29 is 19.4 Å². The summed E-state index contributed by atoms with van der Waals surface area (Å²) >= 11 is 0. The van der Waals surface area contributed by atoms with E-state index in [1.165, 1.54) is 12.1 Å². The van der Waals surface area contributed by atoms with Gasteiger partial charge in [-0.2, -0.15) is 0 Å². The number of hydrogen-bond acceptors (Lipinski definition) is 4. The van der Waals surface area contributed by atoms with Gasteiger partial charge in [-0.05, 0) is 31.2 Å². The maximum absolute atomic E-state index is 11.8. The number of nitrogens with one attached hydrogen (secondary N) is 1. The van der Waals surface area contributed by atoms with Crippen LogP contribution in [0.4, 0.5) is 5.69 Å². The van der Waals surface area contributed by atoms with Gasteiger partial charge in [0.1, 0.15) is 5.75 Å². The SMILES string of the molecule is Cc1ccc(OCC(=O)Nc2ccccc2C(=O)O)cc1.O=c1c2ccccc12. The molecule has 0 heterocycles. The summed E-state index contributed by atoms with van der Waals surface area (Å²) in [7, 11) is 0. The van der Waals surface area contributed by atoms with E-state index in [1.54, 1.807) is 24.3 Å². The van der Waals surface area contributed by atoms with E-state index in [1.807, 2.05) is 43.3 Å². The quantitative estimate of drug-likeness (QED) is 0.542. The zero-order valence-corrected chi connectivity index (χ0v) is 15.7. The molecule has 0 aliphatic rings. The lowest BCUT2D eigenvalue weighted by molar-refractivity contribution is -0.118. The summed E-state index contributed by atoms with van der Waals surface area (Å²) in [6, 6.07) is 21.0. The van der Waals surface area contributed by atoms with Crippen LogP contribution in [0, 0.1) is 6.92 Å². The molecule has 0 aromatic heterocycles. The highest BCUT2D eigenvalue weighted by atomic mass is 16.5. The van der Waals surface area contributed by atoms with E-state index in [-0.39, 0.29) is 23.3 Å². The second-order valence-corrected chi connectivity index (χ2v) is 6.38. The van der Waals surface area contributed by atoms with E-state index < -0.39 is 11.9 Å². The summed E-state index contributed by atoms with van der Waals surface area (Å²) < 4.78 is 5.34. The molecule has 0 bridgehead atoms. The number of carbonyl (C=O) groups is 2. The number of carbonyl (C=O) groups excluding carboxylic acids is 1. The van der Waals surface area contributed by atoms with Crippen molar-refractivity contribution in [1.82, 2.24) is 0 Å². The molecule has 0 saturated carbocycles. The molecule has 6 heteroatoms. The van der Waals surface area contributed by atoms with Gasteiger partial charge in [0.2, 0.25) is 0 Å². The van der Waals surface area contributed by atoms with Gasteiger partial charge in [0.15, 0.2) is 12.0 Å². The van der Waals surface area contributed by atoms with Gasteiger partial charge in [0, 0.05) is 10.8 Å². The normalized spacial score (nSPS) is 10.2. The van der Waals surface area contributed by atoms with Crippen molar-refractivity contribution >= 4 is 28.3 Å². The van der Waals surface area contributed by atoms with Gasteiger partial charge in [0.25, 0.3) is 5.91 Å². The topological polar surface area (TPSA) is 92.7 Å². The summed E-state index contributed by atoms with van der Waals surface area (Å²) in [5.74, 6) is -0.920. The van der Waals surface area contributed by atoms with E-state index in [0.29, 0.717) is 5.75 Å². The lowest BCUT2D eigenvalue weighted by atomic mass is 10.2. The molecule has 2 N–H and O–H groups in total. The number of hydrogen-bond donors (Lipinski definition) is 2. The Kier molecular flexibility index (Phi) is 6.04. The number of carboxylic acids is 1. The number of aryl methyl sites for hydroxylation is 1. The van der Waals surface area contributed by atoms with Gasteiger partial charge in [-0.3, -0.25) is 9.59 Å². The van der Waals surface area contributed by atoms with E-state index in [9.17, 15) is 14.4 Å². The van der Waals surface area contributed by atoms with Crippen molar-refractivity contribution in [3.63, 3.8) is 0 Å². The van der Waals surface area contributed by atoms with Crippen molar-refractivity contribution in [2.24, 2.45) is 0 Å². The third kappa shape index (κ3) is 5.29. The van der Waals surface area contributed by atoms with Gasteiger partial charge in [-0.15, -0.1) is 0 Å². The molecule has 0 unspecified atom stereocenters. The first kappa shape index (κ1) is 19.8. The molecule has 0 saturated heterocycles. The Balaban J connectivity index is 0.000000246. The maximum Gasteiger partial charge on any atom is 0.337 e. The monoisotopic (exact) mass is 389 g/mol. The molecule has 0 atom stereocenters. The number of fused-ring (bicyclic) bond motifs is 1. The highest BCUT2D eigenvalue weighted by molar-refractivity contribution is 6.00. The number of para-hydroxylation sites is 1. The van der Waals surface area contributed by atoms with Gasteiger partial charge in [0.05, 0.1) is 11.3 Å². The average molecular weight is 389 g/mol. The molecular weight excluding hydrogens is 370 g/mol. The van der Waals surface area contributed by atoms with Gasteiger partial charge in [-0.1, -0.05) is 54.1 Å². The number of ether oxygens (including phenoxy) is 1. The van der Waals surface area contributed by atoms with Crippen LogP contribution in [-0.4, -0.2) is 23.6 Å². The van der Waals surface area contributed by atoms with Crippen LogP contribution >= 0.6 is 0 Å². The number of aromatic carboxylic acids is 1. The molecule has 29 heavy (non-hydrogen) atoms. The molecule has 1 amide bonds. The van der Waals surface area contributed by atoms with Gasteiger partial charge in [-0.25, -0.2) is 4.79 Å². The zero-order chi connectivity index (χ0) is 20.8. The molecule has 4 aromatic rings. The van der Waals surface area contributed by atoms with Crippen molar-refractivity contribution in [2.75, 3.05) is 11.9 Å². The highest BCUT2D eigenvalue weighted by Crippen LogP contribution is 2.15. The fourth-order valence-electron chi connectivity index (χ4n) is 2.58. The highest BCUT2D eigenvalue weighted by Gasteiger charge is 2.12. The fraction of sp³-hybridized carbons (Fsp3) is 0.0870. The summed E-state index contributed by atoms with van der Waals surface area (Å²) in [6.45, 7) is 1.77. The zero-order valence-electron chi connectivity index (χ0n) is 15.7. The van der Waals surface area contributed by atoms with Crippen LogP contribution in [0.25, 0.3) is 10.8 Å². The third-order valence-corrected chi connectivity index (χ3v) is 4.18. The fourth-order valence-corrected chi connectivity index (χ4v) is 2.58. The predicted octanol–water partition coefficient (Wildman–Crippen LogP) is 3.79. The summed E-state index contributed by atoms with van der Waals surface area (Å²) in [4.78, 5) is 33.4. The predicted molar refractivity (Wildman–Crippen MR) is 111 cm³/mol. The van der Waals surface area contributed by atoms with Crippen molar-refractivity contribution in [3.8, 4) is 5.75 Å². The first-order valence-electron chi connectivity index (χ1n) is 8.91. The Morgan fingerprint density at radius 3 is 2.07 bits per heavy atom. The molecule has 0 fully saturated rings. The Hall–Kier alpha value is -3.93. The van der Waals surface area contributed by atoms with Crippen LogP contribution in [-0.2, 0) is 4.79 Å². The molecule has 0 aliphatic carbocycles. The number of benzene rings is 3. The van der Waals surface area contributed by atoms with Crippen molar-refractivity contribution in [1.29, 1.82) is 0 Å². The minimum Gasteiger partial charge on any atom is -0.484 e. The number of carboxylic acid groups (broad SMARTS) is 1. The number of rotatable bonds is 5. The lowest BCUT2D eigenvalue weighted by Gasteiger charge is -2.09. The Bertz CT molecular complexity index is 1120. The maximum atomic E-state index is 11.8. The first-order valence-corrected chi connectivity index (χ1v) is 8.91. The van der Waals surface area contributed by atoms with Crippen molar-refractivity contribution in [3.05, 3.63) is 94.1 Å². The van der Waals surface area contributed by atoms with E-state index >= 15 is 0 Å². The number of amides is 1. The molecule has 146 valence electrons. The largest absolute Gasteiger partial charge is 0.484 e. The van der Waals surface area contributed by atoms with E-state index in [4.69, 9.17) is 9.84 Å². The molecule has 0 spiro atoms. The number of anilines is 1. The van der Waals surface area contributed by atoms with Gasteiger partial charge >= 0.3 is 5.97 Å². The Morgan fingerprint density at radius 1 is 0.897 bits per heavy atom. The third-order valence-electron chi connectivity index (χ3n) is 4.18. The average Bonchev–Trinajstić information content (AvgIpc) is 3.38. The molecule has 4 rings (SSSR count). The van der Waals surface area contributed by atoms with Crippen molar-refractivity contribution in [2.45, 2.75) is 6.92 Å². The Morgan fingerprint density at radius 2 is 1.48 bits per heavy atom. The minimum absolute atomic E-state index is 0.0428. The summed E-state index contributed by atoms with van der Waals surface area (Å²) in [6.07, 6.45) is 0. The summed E-state index contributed by atoms with van der Waals surface area (Å²) in [5, 5.41) is 13.4. The van der Waals surface area contributed by atoms with Crippen LogP contribution in [0.5, 0.6) is 5.75 Å². The Labute approximate surface area is 167 Å². The first-order chi connectivity index (χ1) is 14.0. The smallest absolute Gasteiger partial charge is 0.337 e. The van der Waals surface area contributed by atoms with Crippen LogP contribution in [0.2, 0.25) is 0 Å². The second kappa shape index (κ2) is 8.84. The van der Waals surface area contributed by atoms with E-state index in [0.717, 1.165) is 16.3 Å². The molecule has 0 aliphatic heterocycles. The van der Waals surface area contributed by atoms with Crippen LogP contribution in [0.3, 0.4) is 0 Å². The van der Waals surface area contributed by atoms with E-state index in [2.05, 4.69) is 5.32 Å². The van der Waals surface area contributed by atoms with Crippen LogP contribution < -0.4 is 15.5 Å². The van der Waals surface area contributed by atoms with Crippen LogP contribution in [0.15, 0.2) is 77.6 Å². The molecule has 4 aromatic carbocycles.